The SMILES string of the molecule is CC(C)CC(N)CN1CCC2CCCCC2C1. The number of rotatable bonds is 4. The molecule has 0 aromatic carbocycles. The van der Waals surface area contributed by atoms with E-state index < -0.39 is 0 Å². The number of nitrogens with two attached hydrogens (primary N) is 1. The Morgan fingerprint density at radius 3 is 2.53 bits per heavy atom. The molecule has 1 aliphatic carbocycles. The van der Waals surface area contributed by atoms with Crippen molar-refractivity contribution in [1.82, 2.24) is 4.90 Å². The Kier molecular flexibility index (Phi) is 4.87. The van der Waals surface area contributed by atoms with Crippen molar-refractivity contribution in [2.75, 3.05) is 19.6 Å². The summed E-state index contributed by atoms with van der Waals surface area (Å²) >= 11 is 0. The number of piperidine rings is 1. The van der Waals surface area contributed by atoms with Gasteiger partial charge in [0.1, 0.15) is 0 Å². The monoisotopic (exact) mass is 238 g/mol. The smallest absolute Gasteiger partial charge is 0.0170 e. The van der Waals surface area contributed by atoms with Gasteiger partial charge in [-0.15, -0.1) is 0 Å². The minimum atomic E-state index is 0.384. The standard InChI is InChI=1S/C15H30N2/c1-12(2)9-15(16)11-17-8-7-13-5-3-4-6-14(13)10-17/h12-15H,3-11,16H2,1-2H3. The van der Waals surface area contributed by atoms with Crippen LogP contribution in [0.15, 0.2) is 0 Å². The van der Waals surface area contributed by atoms with Gasteiger partial charge in [0.05, 0.1) is 0 Å². The normalized spacial score (nSPS) is 32.5. The molecule has 2 rings (SSSR count). The molecule has 2 aliphatic rings. The molecule has 2 nitrogen and oxygen atoms in total. The van der Waals surface area contributed by atoms with E-state index in [-0.39, 0.29) is 0 Å². The molecule has 1 heterocycles. The summed E-state index contributed by atoms with van der Waals surface area (Å²) in [7, 11) is 0. The highest BCUT2D eigenvalue weighted by atomic mass is 15.1. The quantitative estimate of drug-likeness (QED) is 0.816. The Morgan fingerprint density at radius 2 is 1.82 bits per heavy atom. The van der Waals surface area contributed by atoms with Crippen LogP contribution in [0.3, 0.4) is 0 Å². The average molecular weight is 238 g/mol. The van der Waals surface area contributed by atoms with Crippen LogP contribution in [0.2, 0.25) is 0 Å². The molecule has 0 radical (unpaired) electrons. The lowest BCUT2D eigenvalue weighted by atomic mass is 9.75. The fourth-order valence-corrected chi connectivity index (χ4v) is 3.85. The highest BCUT2D eigenvalue weighted by Gasteiger charge is 2.31. The highest BCUT2D eigenvalue weighted by Crippen LogP contribution is 2.35. The van der Waals surface area contributed by atoms with Crippen LogP contribution >= 0.6 is 0 Å². The molecule has 0 aromatic heterocycles. The molecule has 3 unspecified atom stereocenters. The summed E-state index contributed by atoms with van der Waals surface area (Å²) < 4.78 is 0. The van der Waals surface area contributed by atoms with Gasteiger partial charge >= 0.3 is 0 Å². The van der Waals surface area contributed by atoms with Gasteiger partial charge in [0.2, 0.25) is 0 Å². The first-order chi connectivity index (χ1) is 8.15. The third kappa shape index (κ3) is 3.96. The summed E-state index contributed by atoms with van der Waals surface area (Å²) in [5, 5.41) is 0. The first-order valence-electron chi connectivity index (χ1n) is 7.63. The molecule has 100 valence electrons. The molecule has 0 amide bonds. The number of nitrogens with zero attached hydrogens (tertiary/aromatic N) is 1. The van der Waals surface area contributed by atoms with E-state index in [4.69, 9.17) is 5.73 Å². The second-order valence-electron chi connectivity index (χ2n) is 6.74. The lowest BCUT2D eigenvalue weighted by molar-refractivity contribution is 0.0813. The minimum absolute atomic E-state index is 0.384. The second-order valence-corrected chi connectivity index (χ2v) is 6.74. The Labute approximate surface area is 107 Å². The zero-order valence-corrected chi connectivity index (χ0v) is 11.7. The molecule has 1 saturated heterocycles. The summed E-state index contributed by atoms with van der Waals surface area (Å²) in [5.74, 6) is 2.77. The molecule has 1 saturated carbocycles. The minimum Gasteiger partial charge on any atom is -0.327 e. The lowest BCUT2D eigenvalue weighted by Gasteiger charge is -2.42. The topological polar surface area (TPSA) is 29.3 Å². The summed E-state index contributed by atoms with van der Waals surface area (Å²) in [6.45, 7) is 8.30. The van der Waals surface area contributed by atoms with E-state index >= 15 is 0 Å². The van der Waals surface area contributed by atoms with Gasteiger partial charge in [-0.05, 0) is 43.6 Å². The van der Waals surface area contributed by atoms with Gasteiger partial charge in [-0.3, -0.25) is 0 Å². The summed E-state index contributed by atoms with van der Waals surface area (Å²) in [4.78, 5) is 2.64. The van der Waals surface area contributed by atoms with Crippen LogP contribution in [-0.2, 0) is 0 Å². The van der Waals surface area contributed by atoms with Crippen molar-refractivity contribution >= 4 is 0 Å². The molecule has 0 bridgehead atoms. The second kappa shape index (κ2) is 6.19. The van der Waals surface area contributed by atoms with E-state index in [1.807, 2.05) is 0 Å². The Bertz CT molecular complexity index is 227. The van der Waals surface area contributed by atoms with Crippen LogP contribution in [-0.4, -0.2) is 30.6 Å². The molecule has 2 fully saturated rings. The number of hydrogen-bond acceptors (Lipinski definition) is 2. The molecule has 3 atom stereocenters. The van der Waals surface area contributed by atoms with Crippen LogP contribution in [0.25, 0.3) is 0 Å². The molecular weight excluding hydrogens is 208 g/mol. The van der Waals surface area contributed by atoms with Gasteiger partial charge in [-0.2, -0.15) is 0 Å². The average Bonchev–Trinajstić information content (AvgIpc) is 2.27. The van der Waals surface area contributed by atoms with Crippen molar-refractivity contribution in [3.63, 3.8) is 0 Å². The highest BCUT2D eigenvalue weighted by molar-refractivity contribution is 4.84. The van der Waals surface area contributed by atoms with E-state index in [1.165, 1.54) is 51.6 Å². The summed E-state index contributed by atoms with van der Waals surface area (Å²) in [6, 6.07) is 0.384. The van der Waals surface area contributed by atoms with Crippen LogP contribution < -0.4 is 5.73 Å². The van der Waals surface area contributed by atoms with Gasteiger partial charge in [0.15, 0.2) is 0 Å². The summed E-state index contributed by atoms with van der Waals surface area (Å²) in [6.07, 6.45) is 8.52. The predicted octanol–water partition coefficient (Wildman–Crippen LogP) is 2.87. The zero-order valence-electron chi connectivity index (χ0n) is 11.7. The first-order valence-corrected chi connectivity index (χ1v) is 7.63. The van der Waals surface area contributed by atoms with Crippen molar-refractivity contribution in [2.45, 2.75) is 58.4 Å². The van der Waals surface area contributed by atoms with Gasteiger partial charge in [-0.25, -0.2) is 0 Å². The van der Waals surface area contributed by atoms with Gasteiger partial charge in [0.25, 0.3) is 0 Å². The van der Waals surface area contributed by atoms with Crippen LogP contribution in [0.4, 0.5) is 0 Å². The number of hydrogen-bond donors (Lipinski definition) is 1. The fraction of sp³-hybridized carbons (Fsp3) is 1.00. The predicted molar refractivity (Wildman–Crippen MR) is 73.9 cm³/mol. The van der Waals surface area contributed by atoms with Gasteiger partial charge < -0.3 is 10.6 Å². The Hall–Kier alpha value is -0.0800. The third-order valence-electron chi connectivity index (χ3n) is 4.64. The summed E-state index contributed by atoms with van der Waals surface area (Å²) in [5.41, 5.74) is 6.23. The van der Waals surface area contributed by atoms with E-state index in [2.05, 4.69) is 18.7 Å². The zero-order chi connectivity index (χ0) is 12.3. The van der Waals surface area contributed by atoms with Gasteiger partial charge in [-0.1, -0.05) is 33.1 Å². The molecule has 2 heteroatoms. The number of likely N-dealkylation sites (tertiary alicyclic amines) is 1. The largest absolute Gasteiger partial charge is 0.327 e. The van der Waals surface area contributed by atoms with E-state index in [9.17, 15) is 0 Å². The van der Waals surface area contributed by atoms with Crippen molar-refractivity contribution < 1.29 is 0 Å². The van der Waals surface area contributed by atoms with E-state index in [1.54, 1.807) is 0 Å². The van der Waals surface area contributed by atoms with Crippen molar-refractivity contribution in [3.8, 4) is 0 Å². The molecule has 0 aromatic rings. The Balaban J connectivity index is 1.75. The molecule has 1 aliphatic heterocycles. The molecule has 17 heavy (non-hydrogen) atoms. The first kappa shape index (κ1) is 13.4. The van der Waals surface area contributed by atoms with Gasteiger partial charge in [0, 0.05) is 19.1 Å². The lowest BCUT2D eigenvalue weighted by Crippen LogP contribution is -2.46. The van der Waals surface area contributed by atoms with Crippen LogP contribution in [0, 0.1) is 17.8 Å². The van der Waals surface area contributed by atoms with E-state index in [0.717, 1.165) is 24.3 Å². The maximum atomic E-state index is 6.23. The number of fused-ring (bicyclic) bond motifs is 1. The maximum absolute atomic E-state index is 6.23. The van der Waals surface area contributed by atoms with Crippen molar-refractivity contribution in [1.29, 1.82) is 0 Å². The van der Waals surface area contributed by atoms with Crippen molar-refractivity contribution in [2.24, 2.45) is 23.5 Å². The third-order valence-corrected chi connectivity index (χ3v) is 4.64. The van der Waals surface area contributed by atoms with Crippen LogP contribution in [0.5, 0.6) is 0 Å². The maximum Gasteiger partial charge on any atom is 0.0170 e. The Morgan fingerprint density at radius 1 is 1.12 bits per heavy atom. The molecule has 0 spiro atoms. The molecular formula is C15H30N2. The van der Waals surface area contributed by atoms with Crippen LogP contribution in [0.1, 0.15) is 52.4 Å². The fourth-order valence-electron chi connectivity index (χ4n) is 3.85. The van der Waals surface area contributed by atoms with E-state index in [0.29, 0.717) is 6.04 Å². The van der Waals surface area contributed by atoms with Crippen molar-refractivity contribution in [3.05, 3.63) is 0 Å². The molecule has 2 N–H and O–H groups in total.